The van der Waals surface area contributed by atoms with Gasteiger partial charge in [-0.25, -0.2) is 0 Å². The summed E-state index contributed by atoms with van der Waals surface area (Å²) in [5.74, 6) is 0.621. The van der Waals surface area contributed by atoms with Gasteiger partial charge in [-0.2, -0.15) is 0 Å². The average Bonchev–Trinajstić information content (AvgIpc) is 3.71. The lowest BCUT2D eigenvalue weighted by Crippen LogP contribution is -2.45. The first kappa shape index (κ1) is 57.3. The van der Waals surface area contributed by atoms with Crippen LogP contribution in [0.4, 0.5) is 0 Å². The number of ether oxygens (including phenoxy) is 3. The zero-order valence-corrected chi connectivity index (χ0v) is 41.4. The van der Waals surface area contributed by atoms with Gasteiger partial charge < -0.3 is 19.5 Å². The number of hydrogen-bond donors (Lipinski definition) is 1. The van der Waals surface area contributed by atoms with Gasteiger partial charge in [0.05, 0.1) is 18.6 Å². The summed E-state index contributed by atoms with van der Waals surface area (Å²) in [6.07, 6.45) is 38.0. The monoisotopic (exact) mass is 863 g/mol. The molecule has 0 spiro atoms. The van der Waals surface area contributed by atoms with E-state index in [2.05, 4.69) is 44.8 Å². The Morgan fingerprint density at radius 2 is 1.10 bits per heavy atom. The lowest BCUT2D eigenvalue weighted by molar-refractivity contribution is -0.151. The average molecular weight is 863 g/mol. The van der Waals surface area contributed by atoms with Crippen LogP contribution in [0.25, 0.3) is 0 Å². The molecule has 1 fully saturated rings. The molecule has 1 rings (SSSR count). The van der Waals surface area contributed by atoms with Gasteiger partial charge in [0.15, 0.2) is 0 Å². The molecule has 8 heteroatoms. The largest absolute Gasteiger partial charge is 0.465 e. The van der Waals surface area contributed by atoms with Crippen molar-refractivity contribution >= 4 is 17.8 Å². The summed E-state index contributed by atoms with van der Waals surface area (Å²) in [5, 5.41) is 3.18. The molecule has 0 aliphatic carbocycles. The second-order valence-corrected chi connectivity index (χ2v) is 19.2. The topological polar surface area (TPSA) is 94.2 Å². The van der Waals surface area contributed by atoms with E-state index in [1.54, 1.807) is 0 Å². The summed E-state index contributed by atoms with van der Waals surface area (Å²) in [5.41, 5.74) is -0.447. The SMILES string of the molecule is CCCCCCCCC(CCCCCCCC)OC(=O)CCCCCCCN(CCCNC(=O)C1(C)CCOC1)C(CCCCCC)C(=O)OCCC(CCCC)CCCC. The highest BCUT2D eigenvalue weighted by Gasteiger charge is 2.37. The lowest BCUT2D eigenvalue weighted by Gasteiger charge is -2.31. The Labute approximate surface area is 378 Å². The maximum Gasteiger partial charge on any atom is 0.323 e. The van der Waals surface area contributed by atoms with Crippen LogP contribution in [0.5, 0.6) is 0 Å². The molecule has 0 aromatic heterocycles. The van der Waals surface area contributed by atoms with Gasteiger partial charge in [-0.3, -0.25) is 19.3 Å². The maximum atomic E-state index is 14.0. The number of nitrogens with one attached hydrogen (secondary N) is 1. The van der Waals surface area contributed by atoms with Gasteiger partial charge in [-0.15, -0.1) is 0 Å². The summed E-state index contributed by atoms with van der Waals surface area (Å²) >= 11 is 0. The summed E-state index contributed by atoms with van der Waals surface area (Å²) in [4.78, 5) is 42.3. The fraction of sp³-hybridized carbons (Fsp3) is 0.943. The Morgan fingerprint density at radius 3 is 1.67 bits per heavy atom. The van der Waals surface area contributed by atoms with Crippen molar-refractivity contribution in [1.29, 1.82) is 0 Å². The summed E-state index contributed by atoms with van der Waals surface area (Å²) in [7, 11) is 0. The van der Waals surface area contributed by atoms with Crippen LogP contribution in [0, 0.1) is 11.3 Å². The van der Waals surface area contributed by atoms with Crippen molar-refractivity contribution < 1.29 is 28.6 Å². The van der Waals surface area contributed by atoms with Gasteiger partial charge in [0.25, 0.3) is 0 Å². The van der Waals surface area contributed by atoms with E-state index in [1.807, 2.05) is 6.92 Å². The van der Waals surface area contributed by atoms with Crippen LogP contribution in [-0.2, 0) is 28.6 Å². The zero-order valence-electron chi connectivity index (χ0n) is 41.4. The molecule has 0 bridgehead atoms. The molecule has 8 nitrogen and oxygen atoms in total. The number of hydrogen-bond acceptors (Lipinski definition) is 7. The van der Waals surface area contributed by atoms with E-state index < -0.39 is 5.41 Å². The molecule has 61 heavy (non-hydrogen) atoms. The Hall–Kier alpha value is -1.67. The number of unbranched alkanes of at least 4 members (excludes halogenated alkanes) is 19. The van der Waals surface area contributed by atoms with Crippen LogP contribution in [-0.4, -0.2) is 74.3 Å². The van der Waals surface area contributed by atoms with Gasteiger partial charge in [0, 0.05) is 26.1 Å². The molecular formula is C53H102N2O6. The first-order valence-corrected chi connectivity index (χ1v) is 26.7. The van der Waals surface area contributed by atoms with E-state index >= 15 is 0 Å². The Kier molecular flexibility index (Phi) is 37.5. The quantitative estimate of drug-likeness (QED) is 0.0481. The smallest absolute Gasteiger partial charge is 0.323 e. The van der Waals surface area contributed by atoms with Gasteiger partial charge in [-0.05, 0) is 83.6 Å². The van der Waals surface area contributed by atoms with Crippen molar-refractivity contribution in [1.82, 2.24) is 10.2 Å². The fourth-order valence-corrected chi connectivity index (χ4v) is 8.95. The van der Waals surface area contributed by atoms with Gasteiger partial charge in [-0.1, -0.05) is 182 Å². The number of esters is 2. The predicted molar refractivity (Wildman–Crippen MR) is 257 cm³/mol. The number of amides is 1. The highest BCUT2D eigenvalue weighted by atomic mass is 16.5. The molecule has 2 atom stereocenters. The minimum Gasteiger partial charge on any atom is -0.465 e. The summed E-state index contributed by atoms with van der Waals surface area (Å²) < 4.78 is 17.8. The Morgan fingerprint density at radius 1 is 0.590 bits per heavy atom. The van der Waals surface area contributed by atoms with Crippen molar-refractivity contribution in [3.8, 4) is 0 Å². The third kappa shape index (κ3) is 30.2. The second-order valence-electron chi connectivity index (χ2n) is 19.2. The third-order valence-electron chi connectivity index (χ3n) is 13.3. The predicted octanol–water partition coefficient (Wildman–Crippen LogP) is 14.2. The van der Waals surface area contributed by atoms with Gasteiger partial charge in [0.2, 0.25) is 5.91 Å². The van der Waals surface area contributed by atoms with E-state index in [4.69, 9.17) is 14.2 Å². The van der Waals surface area contributed by atoms with E-state index in [1.165, 1.54) is 109 Å². The standard InChI is InChI=1S/C53H102N2O6/c1-7-12-17-20-23-27-35-48(36-28-24-21-18-13-8-2)61-50(56)38-30-25-22-26-31-42-55(43-32-41-54-52(58)53(6)40-45-59-46-53)49(37-29-19-14-9-3)51(57)60-44-39-47(33-15-10-4)34-16-11-5/h47-49H,7-46H2,1-6H3,(H,54,58). The van der Waals surface area contributed by atoms with Crippen LogP contribution in [0.1, 0.15) is 260 Å². The van der Waals surface area contributed by atoms with Crippen LogP contribution in [0.15, 0.2) is 0 Å². The van der Waals surface area contributed by atoms with Crippen molar-refractivity contribution in [3.63, 3.8) is 0 Å². The third-order valence-corrected chi connectivity index (χ3v) is 13.3. The summed E-state index contributed by atoms with van der Waals surface area (Å²) in [6.45, 7) is 17.1. The molecule has 0 radical (unpaired) electrons. The van der Waals surface area contributed by atoms with Gasteiger partial charge >= 0.3 is 11.9 Å². The molecule has 1 heterocycles. The molecule has 1 aliphatic heterocycles. The van der Waals surface area contributed by atoms with Crippen LogP contribution in [0.2, 0.25) is 0 Å². The van der Waals surface area contributed by atoms with Crippen molar-refractivity contribution in [2.24, 2.45) is 11.3 Å². The molecule has 0 aromatic carbocycles. The van der Waals surface area contributed by atoms with Crippen LogP contribution < -0.4 is 5.32 Å². The molecule has 360 valence electrons. The van der Waals surface area contributed by atoms with Crippen molar-refractivity contribution in [3.05, 3.63) is 0 Å². The number of nitrogens with zero attached hydrogens (tertiary/aromatic N) is 1. The normalized spacial score (nSPS) is 15.9. The fourth-order valence-electron chi connectivity index (χ4n) is 8.95. The molecule has 2 unspecified atom stereocenters. The minimum atomic E-state index is -0.447. The summed E-state index contributed by atoms with van der Waals surface area (Å²) in [6, 6.07) is -0.256. The molecule has 1 aliphatic rings. The molecular weight excluding hydrogens is 761 g/mol. The number of rotatable bonds is 44. The molecule has 0 aromatic rings. The van der Waals surface area contributed by atoms with Crippen LogP contribution in [0.3, 0.4) is 0 Å². The molecule has 1 saturated heterocycles. The first-order valence-electron chi connectivity index (χ1n) is 26.7. The second kappa shape index (κ2) is 39.9. The lowest BCUT2D eigenvalue weighted by atomic mass is 9.89. The van der Waals surface area contributed by atoms with Crippen molar-refractivity contribution in [2.45, 2.75) is 272 Å². The number of carbonyl (C=O) groups excluding carboxylic acids is 3. The molecule has 0 saturated carbocycles. The first-order chi connectivity index (χ1) is 29.7. The zero-order chi connectivity index (χ0) is 44.7. The van der Waals surface area contributed by atoms with Crippen molar-refractivity contribution in [2.75, 3.05) is 39.5 Å². The van der Waals surface area contributed by atoms with E-state index in [0.29, 0.717) is 38.7 Å². The Bertz CT molecular complexity index is 1010. The number of carbonyl (C=O) groups is 3. The van der Waals surface area contributed by atoms with E-state index in [-0.39, 0.29) is 30.0 Å². The van der Waals surface area contributed by atoms with E-state index in [0.717, 1.165) is 116 Å². The highest BCUT2D eigenvalue weighted by Crippen LogP contribution is 2.28. The Balaban J connectivity index is 2.77. The van der Waals surface area contributed by atoms with E-state index in [9.17, 15) is 14.4 Å². The molecule has 1 N–H and O–H groups in total. The highest BCUT2D eigenvalue weighted by molar-refractivity contribution is 5.82. The molecule has 1 amide bonds. The minimum absolute atomic E-state index is 0.0128. The maximum absolute atomic E-state index is 14.0. The van der Waals surface area contributed by atoms with Crippen LogP contribution >= 0.6 is 0 Å². The van der Waals surface area contributed by atoms with Gasteiger partial charge in [0.1, 0.15) is 12.1 Å².